The van der Waals surface area contributed by atoms with Crippen molar-refractivity contribution in [3.05, 3.63) is 94.7 Å². The molecule has 114 valence electrons. The van der Waals surface area contributed by atoms with Crippen molar-refractivity contribution in [1.82, 2.24) is 4.57 Å². The fourth-order valence-electron chi connectivity index (χ4n) is 2.20. The van der Waals surface area contributed by atoms with E-state index in [0.717, 1.165) is 0 Å². The van der Waals surface area contributed by atoms with Crippen LogP contribution in [0.4, 0.5) is 10.1 Å². The van der Waals surface area contributed by atoms with E-state index < -0.39 is 11.7 Å². The maximum atomic E-state index is 13.6. The molecule has 0 radical (unpaired) electrons. The second-order valence-electron chi connectivity index (χ2n) is 4.90. The Labute approximate surface area is 131 Å². The van der Waals surface area contributed by atoms with Crippen molar-refractivity contribution in [3.63, 3.8) is 0 Å². The fraction of sp³-hybridized carbons (Fsp3) is 0. The molecule has 1 N–H and O–H groups in total. The predicted octanol–water partition coefficient (Wildman–Crippen LogP) is 3.23. The lowest BCUT2D eigenvalue weighted by Crippen LogP contribution is -2.19. The second kappa shape index (κ2) is 6.27. The Morgan fingerprint density at radius 3 is 2.35 bits per heavy atom. The molecule has 0 bridgehead atoms. The van der Waals surface area contributed by atoms with Gasteiger partial charge in [0, 0.05) is 18.0 Å². The third-order valence-corrected chi connectivity index (χ3v) is 3.32. The number of nitrogens with zero attached hydrogens (tertiary/aromatic N) is 1. The summed E-state index contributed by atoms with van der Waals surface area (Å²) in [5.41, 5.74) is 0.811. The molecule has 23 heavy (non-hydrogen) atoms. The van der Waals surface area contributed by atoms with Crippen LogP contribution in [0.5, 0.6) is 0 Å². The minimum absolute atomic E-state index is 0.0510. The highest BCUT2D eigenvalue weighted by Crippen LogP contribution is 2.12. The number of carbonyl (C=O) groups is 1. The van der Waals surface area contributed by atoms with E-state index >= 15 is 0 Å². The van der Waals surface area contributed by atoms with Crippen LogP contribution in [0.25, 0.3) is 5.69 Å². The molecule has 0 aliphatic carbocycles. The van der Waals surface area contributed by atoms with Gasteiger partial charge in [-0.3, -0.25) is 14.2 Å². The molecule has 0 aliphatic heterocycles. The van der Waals surface area contributed by atoms with Gasteiger partial charge in [-0.05, 0) is 30.3 Å². The third kappa shape index (κ3) is 3.18. The summed E-state index contributed by atoms with van der Waals surface area (Å²) in [6, 6.07) is 17.6. The number of halogens is 1. The molecule has 0 saturated carbocycles. The van der Waals surface area contributed by atoms with E-state index in [2.05, 4.69) is 5.32 Å². The minimum atomic E-state index is -0.596. The van der Waals surface area contributed by atoms with Crippen LogP contribution in [0.3, 0.4) is 0 Å². The molecule has 5 heteroatoms. The Hall–Kier alpha value is -3.21. The summed E-state index contributed by atoms with van der Waals surface area (Å²) in [6.45, 7) is 0. The number of aromatic nitrogens is 1. The van der Waals surface area contributed by atoms with E-state index in [1.807, 2.05) is 18.2 Å². The highest BCUT2D eigenvalue weighted by atomic mass is 19.1. The molecule has 0 atom stereocenters. The number of rotatable bonds is 3. The first kappa shape index (κ1) is 14.7. The number of hydrogen-bond donors (Lipinski definition) is 1. The van der Waals surface area contributed by atoms with E-state index in [1.54, 1.807) is 18.2 Å². The van der Waals surface area contributed by atoms with Crippen molar-refractivity contribution >= 4 is 11.6 Å². The maximum absolute atomic E-state index is 13.6. The van der Waals surface area contributed by atoms with Crippen LogP contribution in [-0.4, -0.2) is 10.5 Å². The summed E-state index contributed by atoms with van der Waals surface area (Å²) in [6.07, 6.45) is 1.51. The Kier molecular flexibility index (Phi) is 4.01. The van der Waals surface area contributed by atoms with E-state index in [9.17, 15) is 14.0 Å². The van der Waals surface area contributed by atoms with Gasteiger partial charge in [-0.1, -0.05) is 30.3 Å². The van der Waals surface area contributed by atoms with Gasteiger partial charge in [0.15, 0.2) is 0 Å². The zero-order valence-corrected chi connectivity index (χ0v) is 12.1. The number of benzene rings is 2. The predicted molar refractivity (Wildman–Crippen MR) is 86.4 cm³/mol. The normalized spacial score (nSPS) is 10.3. The number of anilines is 1. The highest BCUT2D eigenvalue weighted by Gasteiger charge is 2.11. The lowest BCUT2D eigenvalue weighted by molar-refractivity contribution is 0.102. The van der Waals surface area contributed by atoms with Crippen molar-refractivity contribution in [2.75, 3.05) is 5.32 Å². The van der Waals surface area contributed by atoms with Gasteiger partial charge in [-0.25, -0.2) is 4.39 Å². The Morgan fingerprint density at radius 1 is 0.913 bits per heavy atom. The van der Waals surface area contributed by atoms with Crippen molar-refractivity contribution in [3.8, 4) is 5.69 Å². The molecular weight excluding hydrogens is 295 g/mol. The smallest absolute Gasteiger partial charge is 0.258 e. The van der Waals surface area contributed by atoms with Crippen molar-refractivity contribution in [2.45, 2.75) is 0 Å². The average Bonchev–Trinajstić information content (AvgIpc) is 2.57. The van der Waals surface area contributed by atoms with E-state index in [0.29, 0.717) is 11.4 Å². The molecule has 0 aliphatic rings. The summed E-state index contributed by atoms with van der Waals surface area (Å²) < 4.78 is 15.0. The van der Waals surface area contributed by atoms with Crippen molar-refractivity contribution < 1.29 is 9.18 Å². The first-order valence-electron chi connectivity index (χ1n) is 6.99. The average molecular weight is 308 g/mol. The zero-order chi connectivity index (χ0) is 16.2. The van der Waals surface area contributed by atoms with Gasteiger partial charge in [0.1, 0.15) is 5.82 Å². The largest absolute Gasteiger partial charge is 0.321 e. The van der Waals surface area contributed by atoms with Gasteiger partial charge in [0.05, 0.1) is 11.3 Å². The highest BCUT2D eigenvalue weighted by molar-refractivity contribution is 6.04. The zero-order valence-electron chi connectivity index (χ0n) is 12.1. The second-order valence-corrected chi connectivity index (χ2v) is 4.90. The molecule has 0 unspecified atom stereocenters. The van der Waals surface area contributed by atoms with Crippen LogP contribution in [0, 0.1) is 5.82 Å². The standard InChI is InChI=1S/C18H13FN2O2/c19-16-9-5-4-8-15(16)18(23)20-13-10-11-17(22)21(12-13)14-6-2-1-3-7-14/h1-12H,(H,20,23). The Balaban J connectivity index is 1.92. The van der Waals surface area contributed by atoms with Crippen LogP contribution < -0.4 is 10.9 Å². The number of amides is 1. The first-order valence-corrected chi connectivity index (χ1v) is 6.99. The minimum Gasteiger partial charge on any atom is -0.321 e. The molecule has 0 fully saturated rings. The molecule has 1 heterocycles. The molecular formula is C18H13FN2O2. The number of nitrogens with one attached hydrogen (secondary N) is 1. The molecule has 0 spiro atoms. The monoisotopic (exact) mass is 308 g/mol. The van der Waals surface area contributed by atoms with Gasteiger partial charge in [0.2, 0.25) is 0 Å². The van der Waals surface area contributed by atoms with Gasteiger partial charge < -0.3 is 5.32 Å². The quantitative estimate of drug-likeness (QED) is 0.807. The van der Waals surface area contributed by atoms with Crippen LogP contribution in [0.2, 0.25) is 0 Å². The fourth-order valence-corrected chi connectivity index (χ4v) is 2.20. The number of pyridine rings is 1. The number of hydrogen-bond acceptors (Lipinski definition) is 2. The van der Waals surface area contributed by atoms with E-state index in [4.69, 9.17) is 0 Å². The van der Waals surface area contributed by atoms with Crippen LogP contribution >= 0.6 is 0 Å². The van der Waals surface area contributed by atoms with Gasteiger partial charge in [0.25, 0.3) is 11.5 Å². The Morgan fingerprint density at radius 2 is 1.61 bits per heavy atom. The van der Waals surface area contributed by atoms with E-state index in [-0.39, 0.29) is 11.1 Å². The van der Waals surface area contributed by atoms with Crippen LogP contribution in [0.15, 0.2) is 77.7 Å². The number of carbonyl (C=O) groups excluding carboxylic acids is 1. The van der Waals surface area contributed by atoms with Gasteiger partial charge >= 0.3 is 0 Å². The van der Waals surface area contributed by atoms with Crippen molar-refractivity contribution in [1.29, 1.82) is 0 Å². The molecule has 0 saturated heterocycles. The molecule has 4 nitrogen and oxygen atoms in total. The summed E-state index contributed by atoms with van der Waals surface area (Å²) in [5.74, 6) is -1.16. The van der Waals surface area contributed by atoms with E-state index in [1.165, 1.54) is 41.1 Å². The molecule has 1 aromatic heterocycles. The lowest BCUT2D eigenvalue weighted by atomic mass is 10.2. The topological polar surface area (TPSA) is 51.1 Å². The molecule has 2 aromatic carbocycles. The summed E-state index contributed by atoms with van der Waals surface area (Å²) >= 11 is 0. The van der Waals surface area contributed by atoms with Crippen molar-refractivity contribution in [2.24, 2.45) is 0 Å². The molecule has 3 aromatic rings. The SMILES string of the molecule is O=C(Nc1ccc(=O)n(-c2ccccc2)c1)c1ccccc1F. The first-order chi connectivity index (χ1) is 11.1. The lowest BCUT2D eigenvalue weighted by Gasteiger charge is -2.10. The summed E-state index contributed by atoms with van der Waals surface area (Å²) in [4.78, 5) is 24.1. The van der Waals surface area contributed by atoms with Gasteiger partial charge in [-0.2, -0.15) is 0 Å². The van der Waals surface area contributed by atoms with Gasteiger partial charge in [-0.15, -0.1) is 0 Å². The number of para-hydroxylation sites is 1. The molecule has 3 rings (SSSR count). The third-order valence-electron chi connectivity index (χ3n) is 3.32. The van der Waals surface area contributed by atoms with Crippen LogP contribution in [0.1, 0.15) is 10.4 Å². The Bertz CT molecular complexity index is 904. The maximum Gasteiger partial charge on any atom is 0.258 e. The van der Waals surface area contributed by atoms with Crippen LogP contribution in [-0.2, 0) is 0 Å². The summed E-state index contributed by atoms with van der Waals surface area (Å²) in [7, 11) is 0. The molecule has 1 amide bonds. The summed E-state index contributed by atoms with van der Waals surface area (Å²) in [5, 5.41) is 2.60.